The first-order chi connectivity index (χ1) is 11.5. The molecule has 130 valence electrons. The Balaban J connectivity index is 1.58. The van der Waals surface area contributed by atoms with E-state index < -0.39 is 10.0 Å². The lowest BCUT2D eigenvalue weighted by Gasteiger charge is -2.33. The van der Waals surface area contributed by atoms with E-state index in [1.54, 1.807) is 24.3 Å². The molecule has 0 unspecified atom stereocenters. The van der Waals surface area contributed by atoms with E-state index in [9.17, 15) is 8.42 Å². The second-order valence-corrected chi connectivity index (χ2v) is 9.12. The van der Waals surface area contributed by atoms with Crippen molar-refractivity contribution in [2.75, 3.05) is 13.2 Å². The van der Waals surface area contributed by atoms with Crippen molar-refractivity contribution in [2.45, 2.75) is 56.4 Å². The van der Waals surface area contributed by atoms with Crippen LogP contribution >= 0.6 is 0 Å². The zero-order chi connectivity index (χ0) is 16.8. The highest BCUT2D eigenvalue weighted by Gasteiger charge is 2.49. The van der Waals surface area contributed by atoms with E-state index in [0.717, 1.165) is 18.5 Å². The van der Waals surface area contributed by atoms with Gasteiger partial charge in [-0.3, -0.25) is 0 Å². The summed E-state index contributed by atoms with van der Waals surface area (Å²) in [5.41, 5.74) is 1.37. The minimum Gasteiger partial charge on any atom is -0.462 e. The maximum Gasteiger partial charge on any atom is 0.303 e. The van der Waals surface area contributed by atoms with Crippen molar-refractivity contribution in [1.82, 2.24) is 4.90 Å². The molecule has 3 aliphatic rings. The van der Waals surface area contributed by atoms with Crippen LogP contribution in [-0.4, -0.2) is 38.5 Å². The molecule has 0 aromatic heterocycles. The monoisotopic (exact) mass is 348 g/mol. The average molecular weight is 348 g/mol. The van der Waals surface area contributed by atoms with Crippen LogP contribution < -0.4 is 0 Å². The molecule has 5 nitrogen and oxygen atoms in total. The van der Waals surface area contributed by atoms with Crippen molar-refractivity contribution in [1.29, 1.82) is 0 Å². The van der Waals surface area contributed by atoms with Crippen LogP contribution in [0.1, 0.15) is 44.1 Å². The van der Waals surface area contributed by atoms with E-state index in [0.29, 0.717) is 18.0 Å². The number of amidine groups is 1. The van der Waals surface area contributed by atoms with E-state index >= 15 is 0 Å². The summed E-state index contributed by atoms with van der Waals surface area (Å²) in [5.74, 6) is 0. The van der Waals surface area contributed by atoms with Gasteiger partial charge >= 0.3 is 6.02 Å². The Morgan fingerprint density at radius 2 is 1.88 bits per heavy atom. The minimum atomic E-state index is -3.72. The summed E-state index contributed by atoms with van der Waals surface area (Å²) in [6.07, 6.45) is 7.50. The van der Waals surface area contributed by atoms with Gasteiger partial charge in [-0.2, -0.15) is 8.42 Å². The highest BCUT2D eigenvalue weighted by atomic mass is 32.2. The lowest BCUT2D eigenvalue weighted by atomic mass is 9.73. The predicted octanol–water partition coefficient (Wildman–Crippen LogP) is 3.09. The molecule has 1 aromatic rings. The van der Waals surface area contributed by atoms with Crippen LogP contribution in [0.15, 0.2) is 33.6 Å². The summed E-state index contributed by atoms with van der Waals surface area (Å²) in [5, 5.41) is 0. The third-order valence-corrected chi connectivity index (χ3v) is 6.96. The zero-order valence-electron chi connectivity index (χ0n) is 14.1. The minimum absolute atomic E-state index is 0.222. The van der Waals surface area contributed by atoms with Gasteiger partial charge in [-0.05, 0) is 43.7 Å². The molecule has 1 saturated carbocycles. The number of aryl methyl sites for hydroxylation is 1. The Kier molecular flexibility index (Phi) is 3.82. The Hall–Kier alpha value is -1.56. The van der Waals surface area contributed by atoms with Crippen molar-refractivity contribution in [3.8, 4) is 0 Å². The Morgan fingerprint density at radius 1 is 1.17 bits per heavy atom. The van der Waals surface area contributed by atoms with Gasteiger partial charge in [0.15, 0.2) is 0 Å². The summed E-state index contributed by atoms with van der Waals surface area (Å²) in [7, 11) is -3.72. The van der Waals surface area contributed by atoms with Crippen LogP contribution in [0.2, 0.25) is 0 Å². The molecule has 1 aliphatic carbocycles. The summed E-state index contributed by atoms with van der Waals surface area (Å²) in [6.45, 7) is 3.38. The smallest absolute Gasteiger partial charge is 0.303 e. The Bertz CT molecular complexity index is 749. The highest BCUT2D eigenvalue weighted by molar-refractivity contribution is 7.90. The SMILES string of the molecule is Cc1ccc(S(=O)(=O)/N=C2/OC[C@H]3CC4(CCCCC4)CN23)cc1. The third kappa shape index (κ3) is 2.81. The van der Waals surface area contributed by atoms with Crippen LogP contribution in [0.3, 0.4) is 0 Å². The number of nitrogens with zero attached hydrogens (tertiary/aromatic N) is 2. The molecular weight excluding hydrogens is 324 g/mol. The van der Waals surface area contributed by atoms with Crippen molar-refractivity contribution < 1.29 is 13.2 Å². The van der Waals surface area contributed by atoms with Gasteiger partial charge in [0.25, 0.3) is 10.0 Å². The fourth-order valence-corrected chi connectivity index (χ4v) is 5.35. The lowest BCUT2D eigenvalue weighted by molar-refractivity contribution is 0.188. The van der Waals surface area contributed by atoms with Crippen LogP contribution in [0.25, 0.3) is 0 Å². The average Bonchev–Trinajstić information content (AvgIpc) is 3.07. The number of hydrogen-bond donors (Lipinski definition) is 0. The normalized spacial score (nSPS) is 27.5. The lowest BCUT2D eigenvalue weighted by Crippen LogP contribution is -2.33. The first kappa shape index (κ1) is 15.9. The molecule has 3 fully saturated rings. The van der Waals surface area contributed by atoms with Crippen molar-refractivity contribution in [2.24, 2.45) is 9.81 Å². The van der Waals surface area contributed by atoms with Gasteiger partial charge in [-0.25, -0.2) is 0 Å². The molecule has 2 aliphatic heterocycles. The number of benzene rings is 1. The van der Waals surface area contributed by atoms with Crippen LogP contribution in [0.5, 0.6) is 0 Å². The molecule has 2 saturated heterocycles. The molecule has 24 heavy (non-hydrogen) atoms. The van der Waals surface area contributed by atoms with Gasteiger partial charge < -0.3 is 9.64 Å². The second-order valence-electron chi connectivity index (χ2n) is 7.52. The molecule has 6 heteroatoms. The van der Waals surface area contributed by atoms with E-state index in [1.165, 1.54) is 32.1 Å². The number of ether oxygens (including phenoxy) is 1. The predicted molar refractivity (Wildman–Crippen MR) is 92.4 cm³/mol. The van der Waals surface area contributed by atoms with Gasteiger partial charge in [-0.1, -0.05) is 37.0 Å². The first-order valence-electron chi connectivity index (χ1n) is 8.79. The fraction of sp³-hybridized carbons (Fsp3) is 0.611. The van der Waals surface area contributed by atoms with Gasteiger partial charge in [0.1, 0.15) is 6.61 Å². The summed E-state index contributed by atoms with van der Waals surface area (Å²) in [6, 6.07) is 7.37. The molecule has 4 rings (SSSR count). The summed E-state index contributed by atoms with van der Waals surface area (Å²) < 4.78 is 34.8. The third-order valence-electron chi connectivity index (χ3n) is 5.70. The molecule has 0 bridgehead atoms. The van der Waals surface area contributed by atoms with Gasteiger partial charge in [0.2, 0.25) is 0 Å². The highest BCUT2D eigenvalue weighted by Crippen LogP contribution is 2.47. The van der Waals surface area contributed by atoms with E-state index in [1.807, 2.05) is 6.92 Å². The molecule has 1 spiro atoms. The van der Waals surface area contributed by atoms with Gasteiger partial charge in [0.05, 0.1) is 10.9 Å². The topological polar surface area (TPSA) is 59.0 Å². The molecule has 0 N–H and O–H groups in total. The quantitative estimate of drug-likeness (QED) is 0.824. The maximum atomic E-state index is 12.6. The van der Waals surface area contributed by atoms with Crippen molar-refractivity contribution in [3.05, 3.63) is 29.8 Å². The van der Waals surface area contributed by atoms with Crippen molar-refractivity contribution >= 4 is 16.0 Å². The van der Waals surface area contributed by atoms with E-state index in [-0.39, 0.29) is 10.9 Å². The largest absolute Gasteiger partial charge is 0.462 e. The van der Waals surface area contributed by atoms with E-state index in [4.69, 9.17) is 4.74 Å². The molecule has 0 amide bonds. The second kappa shape index (κ2) is 5.76. The molecule has 2 heterocycles. The Morgan fingerprint density at radius 3 is 2.58 bits per heavy atom. The van der Waals surface area contributed by atoms with Gasteiger partial charge in [-0.15, -0.1) is 4.40 Å². The fourth-order valence-electron chi connectivity index (χ4n) is 4.40. The zero-order valence-corrected chi connectivity index (χ0v) is 14.9. The summed E-state index contributed by atoms with van der Waals surface area (Å²) >= 11 is 0. The number of hydrogen-bond acceptors (Lipinski definition) is 3. The Labute approximate surface area is 143 Å². The van der Waals surface area contributed by atoms with E-state index in [2.05, 4.69) is 9.30 Å². The summed E-state index contributed by atoms with van der Waals surface area (Å²) in [4.78, 5) is 2.32. The van der Waals surface area contributed by atoms with Crippen LogP contribution in [-0.2, 0) is 14.8 Å². The molecule has 1 aromatic carbocycles. The van der Waals surface area contributed by atoms with Crippen LogP contribution in [0, 0.1) is 12.3 Å². The molecule has 0 radical (unpaired) electrons. The van der Waals surface area contributed by atoms with Crippen molar-refractivity contribution in [3.63, 3.8) is 0 Å². The molecule has 1 atom stereocenters. The first-order valence-corrected chi connectivity index (χ1v) is 10.2. The maximum absolute atomic E-state index is 12.6. The number of sulfonamides is 1. The van der Waals surface area contributed by atoms with Gasteiger partial charge in [0, 0.05) is 6.54 Å². The number of fused-ring (bicyclic) bond motifs is 1. The van der Waals surface area contributed by atoms with Crippen LogP contribution in [0.4, 0.5) is 0 Å². The number of rotatable bonds is 2. The molecular formula is C18H24N2O3S. The standard InChI is InChI=1S/C18H24N2O3S/c1-14-5-7-16(8-6-14)24(21,22)19-17-20-13-18(9-3-2-4-10-18)11-15(20)12-23-17/h5-8,15H,2-4,9-13H2,1H3/b19-17+/t15-/m1/s1.